The summed E-state index contributed by atoms with van der Waals surface area (Å²) in [5.41, 5.74) is 0. The average molecular weight is 110 g/mol. The molecule has 0 radical (unpaired) electrons. The molecule has 0 saturated carbocycles. The van der Waals surface area contributed by atoms with Gasteiger partial charge in [0.1, 0.15) is 0 Å². The standard InChI is InChI=1S/C5H6N2O/c6-1-5-2-7(3-5)4-8/h4-5H,2-3H2. The maximum absolute atomic E-state index is 9.87. The van der Waals surface area contributed by atoms with Crippen molar-refractivity contribution in [1.29, 1.82) is 5.26 Å². The quantitative estimate of drug-likeness (QED) is 0.431. The van der Waals surface area contributed by atoms with Gasteiger partial charge in [0, 0.05) is 13.1 Å². The Hall–Kier alpha value is -1.04. The highest BCUT2D eigenvalue weighted by Gasteiger charge is 2.23. The van der Waals surface area contributed by atoms with Crippen LogP contribution in [0.15, 0.2) is 0 Å². The fraction of sp³-hybridized carbons (Fsp3) is 0.600. The van der Waals surface area contributed by atoms with Gasteiger partial charge in [0.2, 0.25) is 6.41 Å². The third-order valence-electron chi connectivity index (χ3n) is 1.24. The van der Waals surface area contributed by atoms with E-state index in [1.807, 2.05) is 0 Å². The minimum Gasteiger partial charge on any atom is -0.342 e. The monoisotopic (exact) mass is 110 g/mol. The van der Waals surface area contributed by atoms with Crippen LogP contribution in [-0.4, -0.2) is 24.4 Å². The molecular formula is C5H6N2O. The minimum absolute atomic E-state index is 0.0974. The van der Waals surface area contributed by atoms with Gasteiger partial charge in [-0.1, -0.05) is 0 Å². The Morgan fingerprint density at radius 2 is 2.38 bits per heavy atom. The number of rotatable bonds is 1. The molecule has 1 fully saturated rings. The summed E-state index contributed by atoms with van der Waals surface area (Å²) in [4.78, 5) is 11.4. The second-order valence-corrected chi connectivity index (χ2v) is 1.89. The Labute approximate surface area is 47.5 Å². The molecular weight excluding hydrogens is 104 g/mol. The molecule has 1 rings (SSSR count). The summed E-state index contributed by atoms with van der Waals surface area (Å²) in [6, 6.07) is 2.07. The summed E-state index contributed by atoms with van der Waals surface area (Å²) in [6.07, 6.45) is 0.772. The highest BCUT2D eigenvalue weighted by Crippen LogP contribution is 2.10. The predicted molar refractivity (Wildman–Crippen MR) is 26.7 cm³/mol. The van der Waals surface area contributed by atoms with Crippen molar-refractivity contribution in [3.63, 3.8) is 0 Å². The van der Waals surface area contributed by atoms with Gasteiger partial charge in [0.05, 0.1) is 12.0 Å². The fourth-order valence-corrected chi connectivity index (χ4v) is 0.680. The van der Waals surface area contributed by atoms with Gasteiger partial charge in [-0.25, -0.2) is 0 Å². The van der Waals surface area contributed by atoms with Crippen molar-refractivity contribution in [3.8, 4) is 6.07 Å². The molecule has 0 aliphatic carbocycles. The zero-order chi connectivity index (χ0) is 5.98. The maximum atomic E-state index is 9.87. The number of nitriles is 1. The van der Waals surface area contributed by atoms with Gasteiger partial charge in [-0.2, -0.15) is 5.26 Å². The normalized spacial score (nSPS) is 19.1. The van der Waals surface area contributed by atoms with Gasteiger partial charge >= 0.3 is 0 Å². The van der Waals surface area contributed by atoms with E-state index in [9.17, 15) is 4.79 Å². The first kappa shape index (κ1) is 5.10. The first-order chi connectivity index (χ1) is 3.86. The average Bonchev–Trinajstić information content (AvgIpc) is 1.65. The van der Waals surface area contributed by atoms with Crippen molar-refractivity contribution in [2.75, 3.05) is 13.1 Å². The molecule has 1 aliphatic heterocycles. The zero-order valence-corrected chi connectivity index (χ0v) is 4.37. The molecule has 3 nitrogen and oxygen atoms in total. The van der Waals surface area contributed by atoms with Crippen LogP contribution in [0.4, 0.5) is 0 Å². The van der Waals surface area contributed by atoms with Gasteiger partial charge in [-0.05, 0) is 0 Å². The Balaban J connectivity index is 2.23. The second-order valence-electron chi connectivity index (χ2n) is 1.89. The number of likely N-dealkylation sites (tertiary alicyclic amines) is 1. The number of hydrogen-bond acceptors (Lipinski definition) is 2. The molecule has 1 saturated heterocycles. The highest BCUT2D eigenvalue weighted by atomic mass is 16.1. The van der Waals surface area contributed by atoms with Gasteiger partial charge < -0.3 is 4.90 Å². The van der Waals surface area contributed by atoms with Crippen LogP contribution in [0.2, 0.25) is 0 Å². The lowest BCUT2D eigenvalue weighted by Crippen LogP contribution is -2.44. The van der Waals surface area contributed by atoms with E-state index in [4.69, 9.17) is 5.26 Å². The molecule has 0 aromatic heterocycles. The highest BCUT2D eigenvalue weighted by molar-refractivity contribution is 5.49. The van der Waals surface area contributed by atoms with E-state index < -0.39 is 0 Å². The molecule has 0 aromatic rings. The molecule has 0 spiro atoms. The largest absolute Gasteiger partial charge is 0.342 e. The number of hydrogen-bond donors (Lipinski definition) is 0. The van der Waals surface area contributed by atoms with Gasteiger partial charge in [0.15, 0.2) is 0 Å². The second kappa shape index (κ2) is 1.83. The molecule has 0 unspecified atom stereocenters. The summed E-state index contributed by atoms with van der Waals surface area (Å²) in [6.45, 7) is 1.25. The number of carbonyl (C=O) groups is 1. The summed E-state index contributed by atoms with van der Waals surface area (Å²) >= 11 is 0. The smallest absolute Gasteiger partial charge is 0.209 e. The molecule has 1 aliphatic rings. The van der Waals surface area contributed by atoms with Crippen LogP contribution in [0.25, 0.3) is 0 Å². The van der Waals surface area contributed by atoms with Crippen molar-refractivity contribution in [2.24, 2.45) is 5.92 Å². The molecule has 0 aromatic carbocycles. The van der Waals surface area contributed by atoms with Crippen LogP contribution in [-0.2, 0) is 4.79 Å². The third-order valence-corrected chi connectivity index (χ3v) is 1.24. The molecule has 1 amide bonds. The molecule has 0 bridgehead atoms. The summed E-state index contributed by atoms with van der Waals surface area (Å²) in [7, 11) is 0. The van der Waals surface area contributed by atoms with E-state index >= 15 is 0 Å². The van der Waals surface area contributed by atoms with Gasteiger partial charge in [-0.3, -0.25) is 4.79 Å². The lowest BCUT2D eigenvalue weighted by atomic mass is 10.0. The SMILES string of the molecule is N#CC1CN(C=O)C1. The zero-order valence-electron chi connectivity index (χ0n) is 4.37. The van der Waals surface area contributed by atoms with Crippen molar-refractivity contribution in [1.82, 2.24) is 4.90 Å². The molecule has 0 N–H and O–H groups in total. The van der Waals surface area contributed by atoms with Crippen LogP contribution >= 0.6 is 0 Å². The van der Waals surface area contributed by atoms with Crippen molar-refractivity contribution in [2.45, 2.75) is 0 Å². The van der Waals surface area contributed by atoms with E-state index in [1.54, 1.807) is 4.90 Å². The van der Waals surface area contributed by atoms with E-state index in [-0.39, 0.29) is 5.92 Å². The summed E-state index contributed by atoms with van der Waals surface area (Å²) < 4.78 is 0. The van der Waals surface area contributed by atoms with Crippen molar-refractivity contribution >= 4 is 6.41 Å². The van der Waals surface area contributed by atoms with Gasteiger partial charge in [-0.15, -0.1) is 0 Å². The van der Waals surface area contributed by atoms with E-state index in [0.717, 1.165) is 6.41 Å². The molecule has 8 heavy (non-hydrogen) atoms. The first-order valence-corrected chi connectivity index (χ1v) is 2.46. The summed E-state index contributed by atoms with van der Waals surface area (Å²) in [5, 5.41) is 8.21. The Bertz CT molecular complexity index is 132. The molecule has 3 heteroatoms. The number of nitrogens with zero attached hydrogens (tertiary/aromatic N) is 2. The Morgan fingerprint density at radius 1 is 1.75 bits per heavy atom. The molecule has 0 atom stereocenters. The van der Waals surface area contributed by atoms with Crippen molar-refractivity contribution in [3.05, 3.63) is 0 Å². The van der Waals surface area contributed by atoms with Crippen molar-refractivity contribution < 1.29 is 4.79 Å². The van der Waals surface area contributed by atoms with Crippen LogP contribution in [0.5, 0.6) is 0 Å². The number of carbonyl (C=O) groups excluding carboxylic acids is 1. The van der Waals surface area contributed by atoms with E-state index in [2.05, 4.69) is 6.07 Å². The van der Waals surface area contributed by atoms with Crippen LogP contribution in [0.3, 0.4) is 0 Å². The van der Waals surface area contributed by atoms with Crippen LogP contribution in [0, 0.1) is 17.2 Å². The summed E-state index contributed by atoms with van der Waals surface area (Å²) in [5.74, 6) is 0.0974. The third kappa shape index (κ3) is 0.648. The number of amides is 1. The van der Waals surface area contributed by atoms with Crippen LogP contribution < -0.4 is 0 Å². The topological polar surface area (TPSA) is 44.1 Å². The van der Waals surface area contributed by atoms with E-state index in [1.165, 1.54) is 0 Å². The minimum atomic E-state index is 0.0974. The Morgan fingerprint density at radius 3 is 2.75 bits per heavy atom. The molecule has 1 heterocycles. The van der Waals surface area contributed by atoms with Gasteiger partial charge in [0.25, 0.3) is 0 Å². The fourth-order valence-electron chi connectivity index (χ4n) is 0.680. The van der Waals surface area contributed by atoms with Crippen LogP contribution in [0.1, 0.15) is 0 Å². The lowest BCUT2D eigenvalue weighted by molar-refractivity contribution is -0.122. The van der Waals surface area contributed by atoms with E-state index in [0.29, 0.717) is 13.1 Å². The lowest BCUT2D eigenvalue weighted by Gasteiger charge is -2.31. The maximum Gasteiger partial charge on any atom is 0.209 e. The first-order valence-electron chi connectivity index (χ1n) is 2.46. The molecule has 42 valence electrons. The Kier molecular flexibility index (Phi) is 1.17. The predicted octanol–water partition coefficient (Wildman–Crippen LogP) is -0.402.